The maximum Gasteiger partial charge on any atom is 0.466 e. The zero-order valence-corrected chi connectivity index (χ0v) is 35.1. The molecule has 0 bridgehead atoms. The van der Waals surface area contributed by atoms with Gasteiger partial charge in [-0.2, -0.15) is 0 Å². The summed E-state index contributed by atoms with van der Waals surface area (Å²) in [4.78, 5) is 11.8. The van der Waals surface area contributed by atoms with E-state index in [1.165, 1.54) is 6.92 Å². The number of hydrogen-bond donors (Lipinski definition) is 0. The number of methoxy groups -OCH3 is 1. The van der Waals surface area contributed by atoms with Crippen molar-refractivity contribution < 1.29 is 30.7 Å². The lowest BCUT2D eigenvalue weighted by Gasteiger charge is -2.45. The Labute approximate surface area is 267 Å². The highest BCUT2D eigenvalue weighted by molar-refractivity contribution is 6.97. The predicted octanol–water partition coefficient (Wildman–Crippen LogP) is 8.31. The second kappa shape index (κ2) is 14.5. The summed E-state index contributed by atoms with van der Waals surface area (Å²) in [5, 5.41) is 0. The van der Waals surface area contributed by atoms with Crippen LogP contribution >= 0.6 is 0 Å². The number of para-hydroxylation sites is 2. The summed E-state index contributed by atoms with van der Waals surface area (Å²) >= 11 is 0. The molecule has 2 aromatic rings. The number of esters is 1. The van der Waals surface area contributed by atoms with Gasteiger partial charge in [-0.3, -0.25) is 4.79 Å². The molecule has 0 spiro atoms. The first-order valence-corrected chi connectivity index (χ1v) is 33.2. The fraction of sp³-hybridized carbons (Fsp3) is 0.567. The lowest BCUT2D eigenvalue weighted by Crippen LogP contribution is -2.62. The van der Waals surface area contributed by atoms with E-state index in [1.807, 2.05) is 42.5 Å². The van der Waals surface area contributed by atoms with E-state index < -0.39 is 50.4 Å². The zero-order valence-electron chi connectivity index (χ0n) is 29.1. The van der Waals surface area contributed by atoms with Crippen molar-refractivity contribution >= 4 is 56.4 Å². The number of ether oxygens (including phenoxy) is 2. The molecule has 0 fully saturated rings. The first kappa shape index (κ1) is 38.0. The Balaban J connectivity index is 2.44. The monoisotopic (exact) mass is 696 g/mol. The van der Waals surface area contributed by atoms with Crippen LogP contribution in [-0.2, 0) is 33.3 Å². The van der Waals surface area contributed by atoms with Gasteiger partial charge in [0.25, 0.3) is 0 Å². The van der Waals surface area contributed by atoms with E-state index in [2.05, 4.69) is 84.6 Å². The second-order valence-corrected chi connectivity index (χ2v) is 40.4. The molecule has 0 aliphatic carbocycles. The van der Waals surface area contributed by atoms with Gasteiger partial charge in [0, 0.05) is 13.5 Å². The van der Waals surface area contributed by atoms with Crippen LogP contribution in [0.15, 0.2) is 48.5 Å². The molecule has 2 aromatic carbocycles. The molecule has 0 saturated carbocycles. The predicted molar refractivity (Wildman–Crippen MR) is 192 cm³/mol. The van der Waals surface area contributed by atoms with Crippen molar-refractivity contribution in [3.63, 3.8) is 0 Å². The molecule has 2 rings (SSSR count). The number of rotatable bonds is 16. The highest BCUT2D eigenvalue weighted by Gasteiger charge is 2.51. The van der Waals surface area contributed by atoms with Crippen molar-refractivity contribution in [2.45, 2.75) is 103 Å². The lowest BCUT2D eigenvalue weighted by atomic mass is 10.2. The normalized spacial score (nSPS) is 14.7. The van der Waals surface area contributed by atoms with Crippen molar-refractivity contribution in [1.29, 1.82) is 0 Å². The van der Waals surface area contributed by atoms with Crippen LogP contribution in [-0.4, -0.2) is 63.5 Å². The summed E-state index contributed by atoms with van der Waals surface area (Å²) in [6.45, 7) is 28.4. The largest absolute Gasteiger partial charge is 0.496 e. The molecule has 7 nitrogen and oxygen atoms in total. The minimum atomic E-state index is -3.18. The molecule has 242 valence electrons. The standard InChI is InChI=1S/C30H56O7Si6/c1-26(31)33-30-22-18-16-20-28(30)24-40(8,9)36-43(14,37-42(12,13)25-41(10,11)34-38(3,4)5)35-39(6,7)23-27-19-15-17-21-29(27)32-2/h15-22H,23-25H2,1-14H3. The summed E-state index contributed by atoms with van der Waals surface area (Å²) in [6, 6.07) is 17.3. The molecular weight excluding hydrogens is 641 g/mol. The van der Waals surface area contributed by atoms with E-state index in [0.29, 0.717) is 11.8 Å². The van der Waals surface area contributed by atoms with E-state index in [4.69, 9.17) is 25.9 Å². The summed E-state index contributed by atoms with van der Waals surface area (Å²) in [6.07, 6.45) is 0. The Morgan fingerprint density at radius 1 is 0.581 bits per heavy atom. The molecule has 0 N–H and O–H groups in total. The summed E-state index contributed by atoms with van der Waals surface area (Å²) < 4.78 is 39.6. The zero-order chi connectivity index (χ0) is 32.9. The van der Waals surface area contributed by atoms with Crippen LogP contribution in [0.3, 0.4) is 0 Å². The van der Waals surface area contributed by atoms with Gasteiger partial charge in [0.1, 0.15) is 11.5 Å². The molecule has 1 atom stereocenters. The van der Waals surface area contributed by atoms with Gasteiger partial charge >= 0.3 is 14.8 Å². The highest BCUT2D eigenvalue weighted by atomic mass is 28.5. The Bertz CT molecular complexity index is 1230. The number of carbonyl (C=O) groups is 1. The summed E-state index contributed by atoms with van der Waals surface area (Å²) in [7, 11) is -12.2. The van der Waals surface area contributed by atoms with Gasteiger partial charge < -0.3 is 25.9 Å². The van der Waals surface area contributed by atoms with Gasteiger partial charge in [-0.15, -0.1) is 0 Å². The average molecular weight is 697 g/mol. The fourth-order valence-corrected chi connectivity index (χ4v) is 39.6. The van der Waals surface area contributed by atoms with Gasteiger partial charge in [-0.05, 0) is 113 Å². The van der Waals surface area contributed by atoms with Crippen molar-refractivity contribution in [3.8, 4) is 11.5 Å². The van der Waals surface area contributed by atoms with E-state index in [0.717, 1.165) is 28.6 Å². The van der Waals surface area contributed by atoms with Gasteiger partial charge in [-0.1, -0.05) is 36.4 Å². The van der Waals surface area contributed by atoms with Crippen LogP contribution in [0.4, 0.5) is 0 Å². The minimum Gasteiger partial charge on any atom is -0.496 e. The molecule has 1 unspecified atom stereocenters. The average Bonchev–Trinajstić information content (AvgIpc) is 2.75. The molecule has 0 aromatic heterocycles. The Morgan fingerprint density at radius 3 is 1.42 bits per heavy atom. The molecule has 0 radical (unpaired) electrons. The maximum atomic E-state index is 11.8. The van der Waals surface area contributed by atoms with Crippen LogP contribution in [0.2, 0.25) is 84.2 Å². The topological polar surface area (TPSA) is 72.5 Å². The third-order valence-corrected chi connectivity index (χ3v) is 31.5. The smallest absolute Gasteiger partial charge is 0.466 e. The van der Waals surface area contributed by atoms with Crippen LogP contribution in [0.25, 0.3) is 0 Å². The molecule has 0 saturated heterocycles. The molecule has 0 heterocycles. The van der Waals surface area contributed by atoms with E-state index >= 15 is 0 Å². The molecule has 0 amide bonds. The quantitative estimate of drug-likeness (QED) is 0.0993. The maximum absolute atomic E-state index is 11.8. The Hall–Kier alpha value is -1.15. The fourth-order valence-electron chi connectivity index (χ4n) is 6.24. The van der Waals surface area contributed by atoms with E-state index in [1.54, 1.807) is 7.11 Å². The van der Waals surface area contributed by atoms with Gasteiger partial charge in [-0.25, -0.2) is 0 Å². The second-order valence-electron chi connectivity index (χ2n) is 15.0. The number of benzene rings is 2. The van der Waals surface area contributed by atoms with Crippen molar-refractivity contribution in [1.82, 2.24) is 0 Å². The van der Waals surface area contributed by atoms with Crippen molar-refractivity contribution in [2.75, 3.05) is 7.11 Å². The molecular formula is C30H56O7Si6. The summed E-state index contributed by atoms with van der Waals surface area (Å²) in [5.74, 6) is 1.13. The van der Waals surface area contributed by atoms with E-state index in [-0.39, 0.29) is 5.97 Å². The molecule has 0 aliphatic heterocycles. The van der Waals surface area contributed by atoms with Crippen molar-refractivity contribution in [2.24, 2.45) is 0 Å². The summed E-state index contributed by atoms with van der Waals surface area (Å²) in [5.41, 5.74) is 3.06. The first-order chi connectivity index (χ1) is 19.4. The minimum absolute atomic E-state index is 0.331. The van der Waals surface area contributed by atoms with Crippen molar-refractivity contribution in [3.05, 3.63) is 59.7 Å². The lowest BCUT2D eigenvalue weighted by molar-refractivity contribution is -0.131. The highest BCUT2D eigenvalue weighted by Crippen LogP contribution is 2.34. The molecule has 13 heteroatoms. The SMILES string of the molecule is COc1ccccc1C[Si](C)(C)O[Si](C)(O[Si](C)(C)Cc1ccccc1OC(C)=O)O[Si](C)(C)C[Si](C)(C)O[Si](C)(C)C. The Kier molecular flexibility index (Phi) is 12.8. The van der Waals surface area contributed by atoms with Crippen LogP contribution in [0.5, 0.6) is 11.5 Å². The Morgan fingerprint density at radius 2 is 0.977 bits per heavy atom. The van der Waals surface area contributed by atoms with Gasteiger partial charge in [0.05, 0.1) is 7.11 Å². The van der Waals surface area contributed by atoms with Crippen LogP contribution in [0, 0.1) is 0 Å². The third kappa shape index (κ3) is 13.8. The third-order valence-electron chi connectivity index (χ3n) is 6.47. The molecule has 43 heavy (non-hydrogen) atoms. The number of hydrogen-bond acceptors (Lipinski definition) is 7. The van der Waals surface area contributed by atoms with Crippen LogP contribution in [0.1, 0.15) is 18.1 Å². The van der Waals surface area contributed by atoms with Crippen LogP contribution < -0.4 is 9.47 Å². The molecule has 0 aliphatic rings. The van der Waals surface area contributed by atoms with Gasteiger partial charge in [0.2, 0.25) is 0 Å². The first-order valence-electron chi connectivity index (χ1n) is 15.1. The number of carbonyl (C=O) groups excluding carboxylic acids is 1. The van der Waals surface area contributed by atoms with E-state index in [9.17, 15) is 4.79 Å². The van der Waals surface area contributed by atoms with Gasteiger partial charge in [0.15, 0.2) is 41.6 Å².